The second-order valence-electron chi connectivity index (χ2n) is 8.31. The van der Waals surface area contributed by atoms with Crippen LogP contribution in [-0.2, 0) is 19.7 Å². The summed E-state index contributed by atoms with van der Waals surface area (Å²) < 4.78 is 18.7. The first-order valence-electron chi connectivity index (χ1n) is 10.1. The fourth-order valence-corrected chi connectivity index (χ4v) is 4.66. The molecule has 4 nitrogen and oxygen atoms in total. The summed E-state index contributed by atoms with van der Waals surface area (Å²) in [7, 11) is 0. The molecule has 2 saturated carbocycles. The average Bonchev–Trinajstić information content (AvgIpc) is 3.15. The van der Waals surface area contributed by atoms with Gasteiger partial charge < -0.3 is 10.1 Å². The number of esters is 1. The van der Waals surface area contributed by atoms with Crippen LogP contribution in [0.5, 0.6) is 0 Å². The molecule has 1 aromatic carbocycles. The van der Waals surface area contributed by atoms with Gasteiger partial charge in [-0.15, -0.1) is 0 Å². The van der Waals surface area contributed by atoms with E-state index in [2.05, 4.69) is 19.2 Å². The lowest BCUT2D eigenvalue weighted by Gasteiger charge is -2.34. The highest BCUT2D eigenvalue weighted by Crippen LogP contribution is 2.42. The molecule has 0 saturated heterocycles. The van der Waals surface area contributed by atoms with E-state index < -0.39 is 5.41 Å². The van der Waals surface area contributed by atoms with Crippen LogP contribution in [0.3, 0.4) is 0 Å². The maximum absolute atomic E-state index is 13.3. The Kier molecular flexibility index (Phi) is 6.18. The van der Waals surface area contributed by atoms with Gasteiger partial charge in [0.05, 0.1) is 5.41 Å². The molecule has 2 aliphatic rings. The van der Waals surface area contributed by atoms with Crippen molar-refractivity contribution in [1.29, 1.82) is 0 Å². The van der Waals surface area contributed by atoms with Gasteiger partial charge in [-0.2, -0.15) is 0 Å². The average molecular weight is 375 g/mol. The van der Waals surface area contributed by atoms with Gasteiger partial charge >= 0.3 is 5.97 Å². The molecule has 27 heavy (non-hydrogen) atoms. The number of hydrogen-bond donors (Lipinski definition) is 1. The fourth-order valence-electron chi connectivity index (χ4n) is 4.66. The molecule has 3 rings (SSSR count). The predicted molar refractivity (Wildman–Crippen MR) is 102 cm³/mol. The van der Waals surface area contributed by atoms with E-state index in [1.807, 2.05) is 0 Å². The highest BCUT2D eigenvalue weighted by Gasteiger charge is 2.44. The molecule has 0 aliphatic heterocycles. The molecule has 5 heteroatoms. The summed E-state index contributed by atoms with van der Waals surface area (Å²) in [6.07, 6.45) is 6.50. The Hall–Kier alpha value is -1.91. The highest BCUT2D eigenvalue weighted by atomic mass is 19.1. The smallest absolute Gasteiger partial charge is 0.317 e. The SMILES string of the molecule is CC1CCCC(NC(=O)COC(=O)C2(c3ccc(F)cc3)CCCC2)C1C. The highest BCUT2D eigenvalue weighted by molar-refractivity contribution is 5.86. The van der Waals surface area contributed by atoms with Gasteiger partial charge in [-0.25, -0.2) is 4.39 Å². The molecule has 3 atom stereocenters. The zero-order valence-corrected chi connectivity index (χ0v) is 16.3. The molecule has 1 N–H and O–H groups in total. The first-order valence-corrected chi connectivity index (χ1v) is 10.1. The number of halogens is 1. The van der Waals surface area contributed by atoms with Gasteiger partial charge in [0, 0.05) is 6.04 Å². The number of nitrogens with one attached hydrogen (secondary N) is 1. The summed E-state index contributed by atoms with van der Waals surface area (Å²) in [5.74, 6) is 0.0921. The molecule has 0 bridgehead atoms. The molecule has 0 heterocycles. The Morgan fingerprint density at radius 1 is 1.11 bits per heavy atom. The quantitative estimate of drug-likeness (QED) is 0.788. The van der Waals surface area contributed by atoms with Gasteiger partial charge in [0.1, 0.15) is 5.82 Å². The molecule has 148 valence electrons. The first-order chi connectivity index (χ1) is 12.9. The third-order valence-corrected chi connectivity index (χ3v) is 6.63. The second-order valence-corrected chi connectivity index (χ2v) is 8.31. The number of carbonyl (C=O) groups excluding carboxylic acids is 2. The van der Waals surface area contributed by atoms with Crippen LogP contribution in [0.4, 0.5) is 4.39 Å². The van der Waals surface area contributed by atoms with Gasteiger partial charge in [0.15, 0.2) is 6.61 Å². The topological polar surface area (TPSA) is 55.4 Å². The number of rotatable bonds is 5. The maximum Gasteiger partial charge on any atom is 0.317 e. The molecule has 1 aromatic rings. The Labute approximate surface area is 160 Å². The van der Waals surface area contributed by atoms with Gasteiger partial charge in [0.25, 0.3) is 5.91 Å². The second kappa shape index (κ2) is 8.41. The van der Waals surface area contributed by atoms with Crippen LogP contribution >= 0.6 is 0 Å². The normalized spacial score (nSPS) is 27.1. The fraction of sp³-hybridized carbons (Fsp3) is 0.636. The van der Waals surface area contributed by atoms with Gasteiger partial charge in [-0.3, -0.25) is 9.59 Å². The van der Waals surface area contributed by atoms with Gasteiger partial charge in [-0.05, 0) is 48.8 Å². The number of hydrogen-bond acceptors (Lipinski definition) is 3. The maximum atomic E-state index is 13.3. The lowest BCUT2D eigenvalue weighted by molar-refractivity contribution is -0.154. The Morgan fingerprint density at radius 2 is 1.78 bits per heavy atom. The minimum Gasteiger partial charge on any atom is -0.455 e. The molecular weight excluding hydrogens is 345 g/mol. The van der Waals surface area contributed by atoms with Crippen molar-refractivity contribution in [2.45, 2.75) is 70.3 Å². The summed E-state index contributed by atoms with van der Waals surface area (Å²) >= 11 is 0. The molecule has 1 amide bonds. The summed E-state index contributed by atoms with van der Waals surface area (Å²) in [5.41, 5.74) is 0.0298. The molecule has 0 radical (unpaired) electrons. The van der Waals surface area contributed by atoms with E-state index in [-0.39, 0.29) is 30.3 Å². The lowest BCUT2D eigenvalue weighted by Crippen LogP contribution is -2.46. The standard InChI is InChI=1S/C22H30FNO3/c1-15-6-5-7-19(16(15)2)24-20(25)14-27-21(26)22(12-3-4-13-22)17-8-10-18(23)11-9-17/h8-11,15-16,19H,3-7,12-14H2,1-2H3,(H,24,25). The Bertz CT molecular complexity index is 667. The van der Waals surface area contributed by atoms with E-state index in [4.69, 9.17) is 4.74 Å². The minimum atomic E-state index is -0.749. The lowest BCUT2D eigenvalue weighted by atomic mass is 9.78. The van der Waals surface area contributed by atoms with Crippen LogP contribution in [-0.4, -0.2) is 24.5 Å². The predicted octanol–water partition coefficient (Wildman–Crippen LogP) is 4.12. The first kappa shape index (κ1) is 19.8. The molecule has 0 spiro atoms. The van der Waals surface area contributed by atoms with Crippen molar-refractivity contribution in [3.05, 3.63) is 35.6 Å². The van der Waals surface area contributed by atoms with Crippen molar-refractivity contribution in [3.8, 4) is 0 Å². The van der Waals surface area contributed by atoms with Crippen LogP contribution in [0.15, 0.2) is 24.3 Å². The largest absolute Gasteiger partial charge is 0.455 e. The van der Waals surface area contributed by atoms with E-state index in [1.54, 1.807) is 12.1 Å². The van der Waals surface area contributed by atoms with Crippen molar-refractivity contribution in [1.82, 2.24) is 5.32 Å². The summed E-state index contributed by atoms with van der Waals surface area (Å²) in [6, 6.07) is 6.22. The van der Waals surface area contributed by atoms with Crippen molar-refractivity contribution in [3.63, 3.8) is 0 Å². The zero-order valence-electron chi connectivity index (χ0n) is 16.3. The summed E-state index contributed by atoms with van der Waals surface area (Å²) in [6.45, 7) is 4.14. The van der Waals surface area contributed by atoms with Crippen molar-refractivity contribution >= 4 is 11.9 Å². The van der Waals surface area contributed by atoms with Crippen molar-refractivity contribution < 1.29 is 18.7 Å². The number of amides is 1. The van der Waals surface area contributed by atoms with E-state index in [0.29, 0.717) is 24.7 Å². The summed E-state index contributed by atoms with van der Waals surface area (Å²) in [5, 5.41) is 3.04. The van der Waals surface area contributed by atoms with Crippen LogP contribution in [0.2, 0.25) is 0 Å². The van der Waals surface area contributed by atoms with Crippen LogP contribution in [0.1, 0.15) is 64.4 Å². The van der Waals surface area contributed by atoms with Crippen LogP contribution < -0.4 is 5.32 Å². The summed E-state index contributed by atoms with van der Waals surface area (Å²) in [4.78, 5) is 25.2. The number of benzene rings is 1. The van der Waals surface area contributed by atoms with Gasteiger partial charge in [0.2, 0.25) is 0 Å². The van der Waals surface area contributed by atoms with Crippen LogP contribution in [0, 0.1) is 17.7 Å². The third kappa shape index (κ3) is 4.33. The van der Waals surface area contributed by atoms with E-state index in [0.717, 1.165) is 31.2 Å². The Morgan fingerprint density at radius 3 is 2.44 bits per heavy atom. The molecule has 0 aromatic heterocycles. The van der Waals surface area contributed by atoms with Crippen LogP contribution in [0.25, 0.3) is 0 Å². The number of carbonyl (C=O) groups is 2. The van der Waals surface area contributed by atoms with E-state index in [9.17, 15) is 14.0 Å². The molecule has 2 aliphatic carbocycles. The monoisotopic (exact) mass is 375 g/mol. The van der Waals surface area contributed by atoms with Gasteiger partial charge in [-0.1, -0.05) is 51.7 Å². The van der Waals surface area contributed by atoms with E-state index in [1.165, 1.54) is 18.6 Å². The molecule has 2 fully saturated rings. The zero-order chi connectivity index (χ0) is 19.4. The van der Waals surface area contributed by atoms with E-state index >= 15 is 0 Å². The van der Waals surface area contributed by atoms with Crippen molar-refractivity contribution in [2.75, 3.05) is 6.61 Å². The third-order valence-electron chi connectivity index (χ3n) is 6.63. The molecular formula is C22H30FNO3. The molecule has 3 unspecified atom stereocenters. The Balaban J connectivity index is 1.60. The minimum absolute atomic E-state index is 0.150. The number of ether oxygens (including phenoxy) is 1. The van der Waals surface area contributed by atoms with Crippen molar-refractivity contribution in [2.24, 2.45) is 11.8 Å².